The van der Waals surface area contributed by atoms with Crippen molar-refractivity contribution in [2.75, 3.05) is 38.7 Å². The molecule has 0 aliphatic carbocycles. The minimum absolute atomic E-state index is 0. The first kappa shape index (κ1) is 26.1. The molecule has 0 aliphatic heterocycles. The third-order valence-electron chi connectivity index (χ3n) is 5.10. The molecule has 0 unspecified atom stereocenters. The summed E-state index contributed by atoms with van der Waals surface area (Å²) in [6.45, 7) is 1.76. The van der Waals surface area contributed by atoms with Crippen molar-refractivity contribution < 1.29 is 28.2 Å². The number of pyridine rings is 1. The Morgan fingerprint density at radius 3 is 2.54 bits per heavy atom. The smallest absolute Gasteiger partial charge is 0.414 e. The first-order chi connectivity index (χ1) is 16.4. The molecular weight excluding hydrogens is 479 g/mol. The number of hydrogen-bond donors (Lipinski definition) is 1. The Hall–Kier alpha value is -3.51. The van der Waals surface area contributed by atoms with Crippen molar-refractivity contribution in [3.05, 3.63) is 63.4 Å². The van der Waals surface area contributed by atoms with E-state index in [0.29, 0.717) is 17.5 Å². The van der Waals surface area contributed by atoms with E-state index in [9.17, 15) is 18.0 Å². The molecule has 190 valence electrons. The van der Waals surface area contributed by atoms with Gasteiger partial charge in [-0.25, -0.2) is 27.4 Å². The summed E-state index contributed by atoms with van der Waals surface area (Å²) in [5.74, 6) is -1.34. The average molecular weight is 509 g/mol. The monoisotopic (exact) mass is 508 g/mol. The number of hydrogen-bond acceptors (Lipinski definition) is 8. The van der Waals surface area contributed by atoms with Gasteiger partial charge in [-0.05, 0) is 50.3 Å². The molecule has 0 fully saturated rings. The van der Waals surface area contributed by atoms with Crippen LogP contribution < -0.4 is 15.1 Å². The molecule has 1 aromatic carbocycles. The highest BCUT2D eigenvalue weighted by Crippen LogP contribution is 2.28. The molecule has 2 aromatic heterocycles. The lowest BCUT2D eigenvalue weighted by molar-refractivity contribution is 0.172. The lowest BCUT2D eigenvalue weighted by atomic mass is 9.98. The number of anilines is 1. The zero-order chi connectivity index (χ0) is 25.9. The number of aromatic nitrogens is 1. The van der Waals surface area contributed by atoms with E-state index >= 15 is 4.39 Å². The highest BCUT2D eigenvalue weighted by Gasteiger charge is 2.21. The van der Waals surface area contributed by atoms with Crippen LogP contribution in [0.25, 0.3) is 11.0 Å². The van der Waals surface area contributed by atoms with Gasteiger partial charge < -0.3 is 19.0 Å². The molecule has 0 bridgehead atoms. The van der Waals surface area contributed by atoms with Crippen molar-refractivity contribution in [1.29, 1.82) is 0 Å². The number of benzene rings is 1. The van der Waals surface area contributed by atoms with Gasteiger partial charge >= 0.3 is 11.7 Å². The fraction of sp³-hybridized carbons (Fsp3) is 0.348. The molecule has 1 N–H and O–H groups in total. The van der Waals surface area contributed by atoms with Crippen molar-refractivity contribution in [2.24, 2.45) is 0 Å². The molecule has 3 rings (SSSR count). The summed E-state index contributed by atoms with van der Waals surface area (Å²) in [5.41, 5.74) is 0.442. The molecular formula is C23H29FN4O6S. The molecule has 0 spiro atoms. The van der Waals surface area contributed by atoms with Crippen LogP contribution in [-0.2, 0) is 23.0 Å². The Morgan fingerprint density at radius 2 is 1.91 bits per heavy atom. The highest BCUT2D eigenvalue weighted by molar-refractivity contribution is 7.92. The SMILES string of the molecule is CCS(=O)(=O)Nc1nccc(Cc2c(CN(C)C)c3ccc(OC(=O)N(C)C)cc3oc2=O)c1F.[HH]. The predicted molar refractivity (Wildman–Crippen MR) is 132 cm³/mol. The molecule has 0 saturated heterocycles. The van der Waals surface area contributed by atoms with E-state index in [4.69, 9.17) is 9.15 Å². The van der Waals surface area contributed by atoms with E-state index in [-0.39, 0.29) is 36.1 Å². The summed E-state index contributed by atoms with van der Waals surface area (Å²) in [4.78, 5) is 31.8. The number of ether oxygens (including phenoxy) is 1. The molecule has 1 amide bonds. The van der Waals surface area contributed by atoms with E-state index in [1.165, 1.54) is 30.2 Å². The van der Waals surface area contributed by atoms with Crippen LogP contribution in [0.15, 0.2) is 39.7 Å². The minimum atomic E-state index is -3.74. The number of amides is 1. The normalized spacial score (nSPS) is 11.6. The number of rotatable bonds is 8. The van der Waals surface area contributed by atoms with Gasteiger partial charge in [0, 0.05) is 51.7 Å². The third-order valence-corrected chi connectivity index (χ3v) is 6.37. The third kappa shape index (κ3) is 6.14. The van der Waals surface area contributed by atoms with Crippen LogP contribution >= 0.6 is 0 Å². The van der Waals surface area contributed by atoms with Crippen molar-refractivity contribution in [3.63, 3.8) is 0 Å². The summed E-state index contributed by atoms with van der Waals surface area (Å²) in [7, 11) is 2.99. The van der Waals surface area contributed by atoms with Crippen LogP contribution in [0.3, 0.4) is 0 Å². The van der Waals surface area contributed by atoms with Crippen LogP contribution in [0.2, 0.25) is 0 Å². The highest BCUT2D eigenvalue weighted by atomic mass is 32.2. The van der Waals surface area contributed by atoms with Gasteiger partial charge in [0.1, 0.15) is 11.3 Å². The van der Waals surface area contributed by atoms with Gasteiger partial charge in [-0.1, -0.05) is 0 Å². The van der Waals surface area contributed by atoms with Gasteiger partial charge in [0.05, 0.1) is 5.75 Å². The molecule has 0 radical (unpaired) electrons. The number of nitrogens with one attached hydrogen (secondary N) is 1. The largest absolute Gasteiger partial charge is 0.422 e. The number of sulfonamides is 1. The van der Waals surface area contributed by atoms with Crippen LogP contribution in [0.5, 0.6) is 5.75 Å². The number of carbonyl (C=O) groups excluding carboxylic acids is 1. The molecule has 0 atom stereocenters. The van der Waals surface area contributed by atoms with Crippen LogP contribution in [0, 0.1) is 5.82 Å². The lowest BCUT2D eigenvalue weighted by Gasteiger charge is -2.17. The maximum Gasteiger partial charge on any atom is 0.414 e. The zero-order valence-corrected chi connectivity index (χ0v) is 20.9. The van der Waals surface area contributed by atoms with Crippen molar-refractivity contribution in [2.45, 2.75) is 19.9 Å². The minimum Gasteiger partial charge on any atom is -0.422 e. The molecule has 0 saturated carbocycles. The maximum absolute atomic E-state index is 15.1. The van der Waals surface area contributed by atoms with Crippen LogP contribution in [0.4, 0.5) is 15.0 Å². The average Bonchev–Trinajstić information content (AvgIpc) is 2.77. The number of nitrogens with zero attached hydrogens (tertiary/aromatic N) is 3. The summed E-state index contributed by atoms with van der Waals surface area (Å²) in [5, 5.41) is 0.597. The Balaban J connectivity index is 0.00000456. The Kier molecular flexibility index (Phi) is 7.76. The molecule has 12 heteroatoms. The molecule has 3 aromatic rings. The van der Waals surface area contributed by atoms with Gasteiger partial charge in [-0.2, -0.15) is 0 Å². The maximum atomic E-state index is 15.1. The first-order valence-corrected chi connectivity index (χ1v) is 12.3. The Morgan fingerprint density at radius 1 is 1.20 bits per heavy atom. The molecule has 35 heavy (non-hydrogen) atoms. The van der Waals surface area contributed by atoms with Crippen LogP contribution in [-0.4, -0.2) is 63.2 Å². The second kappa shape index (κ2) is 10.4. The number of halogens is 1. The van der Waals surface area contributed by atoms with Gasteiger partial charge in [-0.3, -0.25) is 4.72 Å². The molecule has 10 nitrogen and oxygen atoms in total. The summed E-state index contributed by atoms with van der Waals surface area (Å²) < 4.78 is 51.7. The lowest BCUT2D eigenvalue weighted by Crippen LogP contribution is -2.25. The van der Waals surface area contributed by atoms with E-state index in [1.54, 1.807) is 26.2 Å². The van der Waals surface area contributed by atoms with E-state index in [0.717, 1.165) is 0 Å². The Bertz CT molecular complexity index is 1430. The zero-order valence-electron chi connectivity index (χ0n) is 20.1. The molecule has 2 heterocycles. The summed E-state index contributed by atoms with van der Waals surface area (Å²) >= 11 is 0. The number of carbonyl (C=O) groups is 1. The van der Waals surface area contributed by atoms with Crippen molar-refractivity contribution in [3.8, 4) is 5.75 Å². The Labute approximate surface area is 203 Å². The van der Waals surface area contributed by atoms with Crippen molar-refractivity contribution >= 4 is 32.9 Å². The fourth-order valence-corrected chi connectivity index (χ4v) is 3.90. The second-order valence-electron chi connectivity index (χ2n) is 8.32. The molecule has 0 aliphatic rings. The predicted octanol–water partition coefficient (Wildman–Crippen LogP) is 3.05. The van der Waals surface area contributed by atoms with Crippen LogP contribution in [0.1, 0.15) is 25.0 Å². The summed E-state index contributed by atoms with van der Waals surface area (Å²) in [6, 6.07) is 6.08. The van der Waals surface area contributed by atoms with Crippen molar-refractivity contribution in [1.82, 2.24) is 14.8 Å². The summed E-state index contributed by atoms with van der Waals surface area (Å²) in [6.07, 6.45) is 0.541. The number of fused-ring (bicyclic) bond motifs is 1. The van der Waals surface area contributed by atoms with E-state index in [2.05, 4.69) is 9.71 Å². The van der Waals surface area contributed by atoms with Gasteiger partial charge in [0.25, 0.3) is 0 Å². The van der Waals surface area contributed by atoms with Gasteiger partial charge in [0.15, 0.2) is 11.6 Å². The first-order valence-electron chi connectivity index (χ1n) is 10.7. The van der Waals surface area contributed by atoms with E-state index < -0.39 is 33.4 Å². The van der Waals surface area contributed by atoms with E-state index in [1.807, 2.05) is 19.0 Å². The topological polar surface area (TPSA) is 122 Å². The quantitative estimate of drug-likeness (QED) is 0.461. The van der Waals surface area contributed by atoms with Gasteiger partial charge in [-0.15, -0.1) is 0 Å². The standard InChI is InChI=1S/C23H27FN4O6S.H2/c1-6-35(31,32)26-21-20(24)14(9-10-25-21)11-17-18(13-27(2)3)16-8-7-15(33-23(30)28(4)5)12-19(16)34-22(17)29;/h7-10,12H,6,11,13H2,1-5H3,(H,25,26);1H. The van der Waals surface area contributed by atoms with Gasteiger partial charge in [0.2, 0.25) is 10.0 Å². The second-order valence-corrected chi connectivity index (χ2v) is 10.3. The fourth-order valence-electron chi connectivity index (χ4n) is 3.32.